The molecule has 1 heterocycles. The molecule has 2 aliphatic rings. The minimum Gasteiger partial charge on any atom is -0.339 e. The zero-order valence-electron chi connectivity index (χ0n) is 16.4. The van der Waals surface area contributed by atoms with Crippen molar-refractivity contribution >= 4 is 24.2 Å². The van der Waals surface area contributed by atoms with Gasteiger partial charge in [-0.05, 0) is 76.3 Å². The number of halogens is 1. The highest BCUT2D eigenvalue weighted by Crippen LogP contribution is 2.28. The van der Waals surface area contributed by atoms with Crippen molar-refractivity contribution in [3.8, 4) is 0 Å². The normalized spacial score (nSPS) is 17.3. The van der Waals surface area contributed by atoms with E-state index >= 15 is 0 Å². The van der Waals surface area contributed by atoms with Gasteiger partial charge in [-0.2, -0.15) is 0 Å². The van der Waals surface area contributed by atoms with Gasteiger partial charge in [0.25, 0.3) is 11.8 Å². The molecule has 27 heavy (non-hydrogen) atoms. The second-order valence-corrected chi connectivity index (χ2v) is 7.47. The zero-order valence-corrected chi connectivity index (χ0v) is 17.3. The van der Waals surface area contributed by atoms with Crippen molar-refractivity contribution < 1.29 is 9.59 Å². The van der Waals surface area contributed by atoms with Crippen molar-refractivity contribution in [2.75, 3.05) is 32.7 Å². The van der Waals surface area contributed by atoms with Gasteiger partial charge in [0, 0.05) is 43.3 Å². The smallest absolute Gasteiger partial charge is 0.253 e. The van der Waals surface area contributed by atoms with Crippen molar-refractivity contribution in [1.82, 2.24) is 15.1 Å². The molecule has 0 radical (unpaired) electrons. The fourth-order valence-corrected chi connectivity index (χ4v) is 3.57. The minimum absolute atomic E-state index is 0. The van der Waals surface area contributed by atoms with Crippen LogP contribution in [0.25, 0.3) is 0 Å². The standard InChI is InChI=1S/C21H31N3O2.ClH/c1-3-23(4-2)20(25)17-7-9-18(10-8-17)21(26)24-13-11-19(12-14-24)22-15-16-5-6-16;/h7-10,16,19,22H,3-6,11-15H2,1-2H3;1H. The molecule has 3 rings (SSSR count). The van der Waals surface area contributed by atoms with Crippen molar-refractivity contribution in [3.05, 3.63) is 35.4 Å². The summed E-state index contributed by atoms with van der Waals surface area (Å²) in [5, 5.41) is 3.64. The predicted molar refractivity (Wildman–Crippen MR) is 111 cm³/mol. The topological polar surface area (TPSA) is 52.7 Å². The van der Waals surface area contributed by atoms with E-state index in [-0.39, 0.29) is 24.2 Å². The van der Waals surface area contributed by atoms with Gasteiger partial charge in [0.15, 0.2) is 0 Å². The van der Waals surface area contributed by atoms with Gasteiger partial charge in [-0.1, -0.05) is 0 Å². The molecule has 1 aliphatic carbocycles. The van der Waals surface area contributed by atoms with Gasteiger partial charge in [-0.3, -0.25) is 9.59 Å². The molecule has 0 bridgehead atoms. The molecule has 0 spiro atoms. The van der Waals surface area contributed by atoms with Crippen LogP contribution in [-0.4, -0.2) is 60.4 Å². The number of carbonyl (C=O) groups is 2. The molecule has 2 fully saturated rings. The van der Waals surface area contributed by atoms with Crippen molar-refractivity contribution in [2.24, 2.45) is 5.92 Å². The lowest BCUT2D eigenvalue weighted by molar-refractivity contribution is 0.0703. The van der Waals surface area contributed by atoms with Crippen LogP contribution in [-0.2, 0) is 0 Å². The molecule has 1 aromatic carbocycles. The van der Waals surface area contributed by atoms with E-state index in [1.807, 2.05) is 18.7 Å². The third-order valence-corrected chi connectivity index (χ3v) is 5.60. The number of benzene rings is 1. The lowest BCUT2D eigenvalue weighted by Crippen LogP contribution is -2.45. The highest BCUT2D eigenvalue weighted by Gasteiger charge is 2.26. The van der Waals surface area contributed by atoms with Crippen LogP contribution >= 0.6 is 12.4 Å². The number of piperidine rings is 1. The quantitative estimate of drug-likeness (QED) is 0.773. The monoisotopic (exact) mass is 393 g/mol. The Kier molecular flexibility index (Phi) is 8.11. The number of hydrogen-bond acceptors (Lipinski definition) is 3. The van der Waals surface area contributed by atoms with Gasteiger partial charge >= 0.3 is 0 Å². The van der Waals surface area contributed by atoms with Gasteiger partial charge < -0.3 is 15.1 Å². The van der Waals surface area contributed by atoms with E-state index < -0.39 is 0 Å². The first-order chi connectivity index (χ1) is 12.6. The molecular formula is C21H32ClN3O2. The Morgan fingerprint density at radius 1 is 1.00 bits per heavy atom. The number of carbonyl (C=O) groups excluding carboxylic acids is 2. The third kappa shape index (κ3) is 5.69. The number of likely N-dealkylation sites (tertiary alicyclic amines) is 1. The summed E-state index contributed by atoms with van der Waals surface area (Å²) in [5.74, 6) is 0.997. The van der Waals surface area contributed by atoms with Crippen LogP contribution in [0.15, 0.2) is 24.3 Å². The van der Waals surface area contributed by atoms with Gasteiger partial charge in [-0.15, -0.1) is 12.4 Å². The molecule has 0 atom stereocenters. The van der Waals surface area contributed by atoms with Gasteiger partial charge in [0.1, 0.15) is 0 Å². The van der Waals surface area contributed by atoms with Crippen LogP contribution < -0.4 is 5.32 Å². The van der Waals surface area contributed by atoms with Gasteiger partial charge in [-0.25, -0.2) is 0 Å². The first kappa shape index (κ1) is 21.7. The molecule has 5 nitrogen and oxygen atoms in total. The average Bonchev–Trinajstić information content (AvgIpc) is 3.52. The van der Waals surface area contributed by atoms with E-state index in [1.54, 1.807) is 29.2 Å². The highest BCUT2D eigenvalue weighted by atomic mass is 35.5. The molecule has 150 valence electrons. The van der Waals surface area contributed by atoms with E-state index in [4.69, 9.17) is 0 Å². The molecule has 1 saturated heterocycles. The van der Waals surface area contributed by atoms with E-state index in [0.29, 0.717) is 30.3 Å². The molecule has 2 amide bonds. The first-order valence-corrected chi connectivity index (χ1v) is 10.0. The van der Waals surface area contributed by atoms with E-state index in [0.717, 1.165) is 38.4 Å². The molecule has 0 unspecified atom stereocenters. The zero-order chi connectivity index (χ0) is 18.5. The van der Waals surface area contributed by atoms with E-state index in [2.05, 4.69) is 5.32 Å². The molecular weight excluding hydrogens is 362 g/mol. The number of amides is 2. The Morgan fingerprint density at radius 3 is 2.07 bits per heavy atom. The summed E-state index contributed by atoms with van der Waals surface area (Å²) in [6.07, 6.45) is 4.79. The van der Waals surface area contributed by atoms with Gasteiger partial charge in [0.2, 0.25) is 0 Å². The summed E-state index contributed by atoms with van der Waals surface area (Å²) in [7, 11) is 0. The Labute approximate surface area is 168 Å². The number of rotatable bonds is 7. The van der Waals surface area contributed by atoms with Crippen molar-refractivity contribution in [1.29, 1.82) is 0 Å². The summed E-state index contributed by atoms with van der Waals surface area (Å²) >= 11 is 0. The predicted octanol–water partition coefficient (Wildman–Crippen LogP) is 3.19. The summed E-state index contributed by atoms with van der Waals surface area (Å²) in [6.45, 7) is 8.09. The van der Waals surface area contributed by atoms with E-state index in [1.165, 1.54) is 12.8 Å². The lowest BCUT2D eigenvalue weighted by Gasteiger charge is -2.32. The van der Waals surface area contributed by atoms with E-state index in [9.17, 15) is 9.59 Å². The average molecular weight is 394 g/mol. The molecule has 0 aromatic heterocycles. The van der Waals surface area contributed by atoms with Crippen LogP contribution in [0.3, 0.4) is 0 Å². The SMILES string of the molecule is CCN(CC)C(=O)c1ccc(C(=O)N2CCC(NCC3CC3)CC2)cc1.Cl. The third-order valence-electron chi connectivity index (χ3n) is 5.60. The Balaban J connectivity index is 0.00000261. The maximum Gasteiger partial charge on any atom is 0.253 e. The Morgan fingerprint density at radius 2 is 1.56 bits per heavy atom. The summed E-state index contributed by atoms with van der Waals surface area (Å²) < 4.78 is 0. The molecule has 6 heteroatoms. The molecule has 1 aliphatic heterocycles. The fourth-order valence-electron chi connectivity index (χ4n) is 3.57. The van der Waals surface area contributed by atoms with Crippen LogP contribution in [0.4, 0.5) is 0 Å². The van der Waals surface area contributed by atoms with Crippen LogP contribution in [0, 0.1) is 5.92 Å². The van der Waals surface area contributed by atoms with Gasteiger partial charge in [0.05, 0.1) is 0 Å². The number of hydrogen-bond donors (Lipinski definition) is 1. The lowest BCUT2D eigenvalue weighted by atomic mass is 10.0. The number of nitrogens with one attached hydrogen (secondary N) is 1. The fraction of sp³-hybridized carbons (Fsp3) is 0.619. The Hall–Kier alpha value is -1.59. The summed E-state index contributed by atoms with van der Waals surface area (Å²) in [4.78, 5) is 28.8. The molecule has 1 saturated carbocycles. The summed E-state index contributed by atoms with van der Waals surface area (Å²) in [6, 6.07) is 7.68. The second kappa shape index (κ2) is 10.1. The molecule has 1 aromatic rings. The van der Waals surface area contributed by atoms with Crippen LogP contribution in [0.1, 0.15) is 60.2 Å². The highest BCUT2D eigenvalue weighted by molar-refractivity contribution is 5.97. The number of nitrogens with zero attached hydrogens (tertiary/aromatic N) is 2. The second-order valence-electron chi connectivity index (χ2n) is 7.47. The Bertz CT molecular complexity index is 619. The maximum atomic E-state index is 12.7. The summed E-state index contributed by atoms with van der Waals surface area (Å²) in [5.41, 5.74) is 1.32. The van der Waals surface area contributed by atoms with Crippen LogP contribution in [0.5, 0.6) is 0 Å². The van der Waals surface area contributed by atoms with Crippen LogP contribution in [0.2, 0.25) is 0 Å². The molecule has 1 N–H and O–H groups in total. The van der Waals surface area contributed by atoms with Crippen molar-refractivity contribution in [2.45, 2.75) is 45.6 Å². The largest absolute Gasteiger partial charge is 0.339 e. The maximum absolute atomic E-state index is 12.7. The first-order valence-electron chi connectivity index (χ1n) is 10.0. The minimum atomic E-state index is 0. The van der Waals surface area contributed by atoms with Crippen molar-refractivity contribution in [3.63, 3.8) is 0 Å².